The first-order valence-electron chi connectivity index (χ1n) is 6.31. The van der Waals surface area contributed by atoms with E-state index in [-0.39, 0.29) is 22.2 Å². The highest BCUT2D eigenvalue weighted by Gasteiger charge is 2.37. The third kappa shape index (κ3) is 2.88. The molecule has 1 heterocycles. The molecule has 1 fully saturated rings. The van der Waals surface area contributed by atoms with E-state index in [0.717, 1.165) is 19.3 Å². The lowest BCUT2D eigenvalue weighted by Crippen LogP contribution is -2.41. The lowest BCUT2D eigenvalue weighted by Gasteiger charge is -2.27. The minimum Gasteiger partial charge on any atom is -0.307 e. The third-order valence-corrected chi connectivity index (χ3v) is 5.25. The molecule has 0 spiro atoms. The first kappa shape index (κ1) is 14.2. The second kappa shape index (κ2) is 5.07. The predicted molar refractivity (Wildman–Crippen MR) is 73.8 cm³/mol. The van der Waals surface area contributed by atoms with Gasteiger partial charge in [-0.1, -0.05) is 20.3 Å². The van der Waals surface area contributed by atoms with Gasteiger partial charge in [0, 0.05) is 12.2 Å². The molecule has 106 valence electrons. The van der Waals surface area contributed by atoms with Crippen LogP contribution in [0.5, 0.6) is 0 Å². The fourth-order valence-corrected chi connectivity index (χ4v) is 4.07. The zero-order valence-corrected chi connectivity index (χ0v) is 12.0. The number of nitrogens with two attached hydrogens (primary N) is 1. The van der Waals surface area contributed by atoms with Crippen molar-refractivity contribution in [3.8, 4) is 0 Å². The molecule has 1 atom stereocenters. The molecule has 1 aliphatic rings. The van der Waals surface area contributed by atoms with E-state index in [0.29, 0.717) is 0 Å². The van der Waals surface area contributed by atoms with Gasteiger partial charge in [-0.3, -0.25) is 0 Å². The van der Waals surface area contributed by atoms with E-state index >= 15 is 0 Å². The topological polar surface area (TPSA) is 97.1 Å². The average Bonchev–Trinajstić information content (AvgIpc) is 2.68. The van der Waals surface area contributed by atoms with Gasteiger partial charge < -0.3 is 5.43 Å². The number of rotatable bonds is 4. The summed E-state index contributed by atoms with van der Waals surface area (Å²) in [6.07, 6.45) is 4.41. The van der Waals surface area contributed by atoms with Crippen LogP contribution in [0.3, 0.4) is 0 Å². The first-order valence-corrected chi connectivity index (χ1v) is 7.79. The van der Waals surface area contributed by atoms with E-state index in [2.05, 4.69) is 29.0 Å². The van der Waals surface area contributed by atoms with E-state index in [9.17, 15) is 8.42 Å². The van der Waals surface area contributed by atoms with Crippen LogP contribution in [0, 0.1) is 5.41 Å². The van der Waals surface area contributed by atoms with Crippen molar-refractivity contribution in [3.05, 3.63) is 18.3 Å². The Morgan fingerprint density at radius 2 is 2.21 bits per heavy atom. The summed E-state index contributed by atoms with van der Waals surface area (Å²) in [5.74, 6) is 5.46. The summed E-state index contributed by atoms with van der Waals surface area (Å²) in [6.45, 7) is 4.16. The Labute approximate surface area is 113 Å². The Morgan fingerprint density at radius 1 is 1.47 bits per heavy atom. The summed E-state index contributed by atoms with van der Waals surface area (Å²) in [6, 6.07) is 3.02. The molecule has 7 heteroatoms. The molecule has 1 saturated carbocycles. The van der Waals surface area contributed by atoms with Gasteiger partial charge in [0.05, 0.1) is 0 Å². The van der Waals surface area contributed by atoms with Gasteiger partial charge in [-0.05, 0) is 30.4 Å². The van der Waals surface area contributed by atoms with Gasteiger partial charge in [-0.15, -0.1) is 0 Å². The van der Waals surface area contributed by atoms with Crippen LogP contribution in [0.15, 0.2) is 23.2 Å². The van der Waals surface area contributed by atoms with Gasteiger partial charge in [0.2, 0.25) is 10.0 Å². The van der Waals surface area contributed by atoms with Gasteiger partial charge in [0.25, 0.3) is 0 Å². The largest absolute Gasteiger partial charge is 0.307 e. The molecule has 1 unspecified atom stereocenters. The Kier molecular flexibility index (Phi) is 3.80. The van der Waals surface area contributed by atoms with Crippen LogP contribution in [-0.4, -0.2) is 19.4 Å². The molecule has 0 aromatic carbocycles. The quantitative estimate of drug-likeness (QED) is 0.570. The van der Waals surface area contributed by atoms with Crippen LogP contribution in [0.4, 0.5) is 5.82 Å². The number of hydrogen-bond acceptors (Lipinski definition) is 5. The molecule has 0 aliphatic heterocycles. The number of anilines is 1. The molecular weight excluding hydrogens is 264 g/mol. The van der Waals surface area contributed by atoms with Crippen LogP contribution < -0.4 is 16.0 Å². The zero-order valence-electron chi connectivity index (χ0n) is 11.2. The maximum Gasteiger partial charge on any atom is 0.244 e. The number of pyridine rings is 1. The van der Waals surface area contributed by atoms with Crippen molar-refractivity contribution in [2.45, 2.75) is 44.0 Å². The lowest BCUT2D eigenvalue weighted by atomic mass is 9.88. The highest BCUT2D eigenvalue weighted by Crippen LogP contribution is 2.38. The molecule has 0 radical (unpaired) electrons. The first-order chi connectivity index (χ1) is 8.87. The van der Waals surface area contributed by atoms with Crippen molar-refractivity contribution in [2.75, 3.05) is 5.43 Å². The van der Waals surface area contributed by atoms with Crippen molar-refractivity contribution in [2.24, 2.45) is 11.3 Å². The molecule has 2 rings (SSSR count). The van der Waals surface area contributed by atoms with E-state index in [4.69, 9.17) is 5.84 Å². The van der Waals surface area contributed by atoms with E-state index in [1.165, 1.54) is 12.3 Å². The lowest BCUT2D eigenvalue weighted by molar-refractivity contribution is 0.313. The fraction of sp³-hybridized carbons (Fsp3) is 0.583. The Bertz CT molecular complexity index is 557. The number of hydrazine groups is 1. The molecule has 1 aromatic rings. The van der Waals surface area contributed by atoms with Gasteiger partial charge in [0.15, 0.2) is 5.82 Å². The minimum atomic E-state index is -3.61. The van der Waals surface area contributed by atoms with Crippen LogP contribution >= 0.6 is 0 Å². The zero-order chi connectivity index (χ0) is 14.1. The molecule has 0 bridgehead atoms. The Morgan fingerprint density at radius 3 is 2.79 bits per heavy atom. The molecule has 0 saturated heterocycles. The van der Waals surface area contributed by atoms with Crippen LogP contribution in [-0.2, 0) is 10.0 Å². The maximum atomic E-state index is 12.4. The second-order valence-corrected chi connectivity index (χ2v) is 7.23. The van der Waals surface area contributed by atoms with Crippen molar-refractivity contribution in [3.63, 3.8) is 0 Å². The summed E-state index contributed by atoms with van der Waals surface area (Å²) in [4.78, 5) is 4.00. The van der Waals surface area contributed by atoms with Crippen LogP contribution in [0.2, 0.25) is 0 Å². The fourth-order valence-electron chi connectivity index (χ4n) is 2.51. The van der Waals surface area contributed by atoms with Crippen molar-refractivity contribution in [1.82, 2.24) is 9.71 Å². The van der Waals surface area contributed by atoms with E-state index in [1.54, 1.807) is 6.07 Å². The summed E-state index contributed by atoms with van der Waals surface area (Å²) in [5.41, 5.74) is 2.29. The predicted octanol–water partition coefficient (Wildman–Crippen LogP) is 1.22. The number of nitrogens with zero attached hydrogens (tertiary/aromatic N) is 1. The van der Waals surface area contributed by atoms with Gasteiger partial charge >= 0.3 is 0 Å². The molecule has 6 nitrogen and oxygen atoms in total. The van der Waals surface area contributed by atoms with Crippen LogP contribution in [0.1, 0.15) is 33.1 Å². The Balaban J connectivity index is 2.28. The van der Waals surface area contributed by atoms with Crippen molar-refractivity contribution < 1.29 is 8.42 Å². The number of hydrogen-bond donors (Lipinski definition) is 3. The molecule has 4 N–H and O–H groups in total. The van der Waals surface area contributed by atoms with Gasteiger partial charge in [-0.25, -0.2) is 24.0 Å². The summed E-state index contributed by atoms with van der Waals surface area (Å²) < 4.78 is 27.6. The molecular formula is C12H20N4O2S. The van der Waals surface area contributed by atoms with Gasteiger partial charge in [0.1, 0.15) is 4.90 Å². The number of sulfonamides is 1. The number of nitrogens with one attached hydrogen (secondary N) is 2. The summed E-state index contributed by atoms with van der Waals surface area (Å²) >= 11 is 0. The second-order valence-electron chi connectivity index (χ2n) is 5.55. The van der Waals surface area contributed by atoms with Crippen LogP contribution in [0.25, 0.3) is 0 Å². The highest BCUT2D eigenvalue weighted by molar-refractivity contribution is 7.89. The van der Waals surface area contributed by atoms with E-state index < -0.39 is 10.0 Å². The standard InChI is InChI=1S/C12H20N4O2S/c1-12(2)7-3-6-10(12)16-19(17,18)9-5-4-8-14-11(9)15-13/h4-5,8,10,16H,3,6-7,13H2,1-2H3,(H,14,15). The Hall–Kier alpha value is -1.18. The normalized spacial score (nSPS) is 22.4. The molecule has 19 heavy (non-hydrogen) atoms. The third-order valence-electron chi connectivity index (χ3n) is 3.75. The van der Waals surface area contributed by atoms with E-state index in [1.807, 2.05) is 0 Å². The summed E-state index contributed by atoms with van der Waals surface area (Å²) in [5, 5.41) is 0. The number of nitrogen functional groups attached to an aromatic ring is 1. The number of aromatic nitrogens is 1. The molecule has 1 aromatic heterocycles. The SMILES string of the molecule is CC1(C)CCCC1NS(=O)(=O)c1cccnc1NN. The van der Waals surface area contributed by atoms with Crippen molar-refractivity contribution in [1.29, 1.82) is 0 Å². The highest BCUT2D eigenvalue weighted by atomic mass is 32.2. The minimum absolute atomic E-state index is 0.0222. The van der Waals surface area contributed by atoms with Gasteiger partial charge in [-0.2, -0.15) is 0 Å². The average molecular weight is 284 g/mol. The molecule has 0 amide bonds. The monoisotopic (exact) mass is 284 g/mol. The maximum absolute atomic E-state index is 12.4. The molecule has 1 aliphatic carbocycles. The summed E-state index contributed by atoms with van der Waals surface area (Å²) in [7, 11) is -3.61. The smallest absolute Gasteiger partial charge is 0.244 e. The van der Waals surface area contributed by atoms with Crippen molar-refractivity contribution >= 4 is 15.8 Å².